The molecule has 1 unspecified atom stereocenters. The number of ether oxygens (including phenoxy) is 1. The van der Waals surface area contributed by atoms with Gasteiger partial charge in [0, 0.05) is 6.04 Å². The number of sulfonamides is 1. The topological polar surface area (TPSA) is 81.4 Å². The van der Waals surface area contributed by atoms with E-state index in [1.165, 1.54) is 0 Å². The van der Waals surface area contributed by atoms with Gasteiger partial charge in [-0.1, -0.05) is 20.8 Å². The Balaban J connectivity index is 4.43. The lowest BCUT2D eigenvalue weighted by Gasteiger charge is -2.31. The highest BCUT2D eigenvalue weighted by molar-refractivity contribution is 7.89. The highest BCUT2D eigenvalue weighted by Gasteiger charge is 2.27. The predicted octanol–water partition coefficient (Wildman–Crippen LogP) is 1.09. The Hall–Kier alpha value is -0.170. The lowest BCUT2D eigenvalue weighted by atomic mass is 9.85. The second kappa shape index (κ2) is 7.43. The van der Waals surface area contributed by atoms with Crippen molar-refractivity contribution in [1.82, 2.24) is 4.72 Å². The lowest BCUT2D eigenvalue weighted by Crippen LogP contribution is -2.46. The molecule has 0 aliphatic heterocycles. The van der Waals surface area contributed by atoms with Crippen molar-refractivity contribution in [2.24, 2.45) is 11.1 Å². The van der Waals surface area contributed by atoms with Crippen LogP contribution in [0.4, 0.5) is 0 Å². The van der Waals surface area contributed by atoms with Gasteiger partial charge in [-0.15, -0.1) is 0 Å². The van der Waals surface area contributed by atoms with E-state index in [2.05, 4.69) is 4.72 Å². The standard InChI is InChI=1S/C12H28N2O3S/c1-10(2)17-8-9-18(15,16)14-11(6-7-13)12(3,4)5/h10-11,14H,6-9,13H2,1-5H3. The average molecular weight is 280 g/mol. The number of hydrogen-bond acceptors (Lipinski definition) is 4. The molecule has 110 valence electrons. The third kappa shape index (κ3) is 8.02. The van der Waals surface area contributed by atoms with Gasteiger partial charge in [-0.05, 0) is 32.2 Å². The predicted molar refractivity (Wildman–Crippen MR) is 74.9 cm³/mol. The highest BCUT2D eigenvalue weighted by Crippen LogP contribution is 2.22. The third-order valence-electron chi connectivity index (χ3n) is 2.63. The molecular formula is C12H28N2O3S. The Bertz CT molecular complexity index is 321. The molecule has 0 spiro atoms. The van der Waals surface area contributed by atoms with E-state index in [4.69, 9.17) is 10.5 Å². The fourth-order valence-electron chi connectivity index (χ4n) is 1.50. The van der Waals surface area contributed by atoms with Gasteiger partial charge in [0.05, 0.1) is 18.5 Å². The van der Waals surface area contributed by atoms with Crippen LogP contribution in [0.25, 0.3) is 0 Å². The molecule has 0 aromatic carbocycles. The SMILES string of the molecule is CC(C)OCCS(=O)(=O)NC(CCN)C(C)(C)C. The van der Waals surface area contributed by atoms with Gasteiger partial charge in [0.2, 0.25) is 10.0 Å². The van der Waals surface area contributed by atoms with Crippen LogP contribution in [0.15, 0.2) is 0 Å². The van der Waals surface area contributed by atoms with Gasteiger partial charge in [-0.25, -0.2) is 13.1 Å². The van der Waals surface area contributed by atoms with Gasteiger partial charge in [0.15, 0.2) is 0 Å². The molecule has 0 bridgehead atoms. The van der Waals surface area contributed by atoms with Gasteiger partial charge >= 0.3 is 0 Å². The van der Waals surface area contributed by atoms with Crippen LogP contribution in [0.5, 0.6) is 0 Å². The Morgan fingerprint density at radius 2 is 1.83 bits per heavy atom. The minimum Gasteiger partial charge on any atom is -0.378 e. The van der Waals surface area contributed by atoms with E-state index in [-0.39, 0.29) is 29.9 Å². The molecule has 0 fully saturated rings. The van der Waals surface area contributed by atoms with Crippen LogP contribution >= 0.6 is 0 Å². The molecule has 5 nitrogen and oxygen atoms in total. The fourth-order valence-corrected chi connectivity index (χ4v) is 2.84. The van der Waals surface area contributed by atoms with Crippen molar-refractivity contribution < 1.29 is 13.2 Å². The van der Waals surface area contributed by atoms with Gasteiger partial charge in [-0.3, -0.25) is 0 Å². The van der Waals surface area contributed by atoms with Crippen LogP contribution in [0, 0.1) is 5.41 Å². The summed E-state index contributed by atoms with van der Waals surface area (Å²) in [6, 6.07) is -0.147. The van der Waals surface area contributed by atoms with Crippen LogP contribution in [0.2, 0.25) is 0 Å². The molecule has 3 N–H and O–H groups in total. The van der Waals surface area contributed by atoms with Gasteiger partial charge in [0.1, 0.15) is 0 Å². The summed E-state index contributed by atoms with van der Waals surface area (Å²) in [5.41, 5.74) is 5.38. The van der Waals surface area contributed by atoms with Crippen molar-refractivity contribution >= 4 is 10.0 Å². The van der Waals surface area contributed by atoms with E-state index in [1.54, 1.807) is 0 Å². The third-order valence-corrected chi connectivity index (χ3v) is 3.97. The fraction of sp³-hybridized carbons (Fsp3) is 1.00. The summed E-state index contributed by atoms with van der Waals surface area (Å²) < 4.78 is 31.8. The molecule has 0 aliphatic carbocycles. The minimum absolute atomic E-state index is 0.0116. The quantitative estimate of drug-likeness (QED) is 0.697. The second-order valence-electron chi connectivity index (χ2n) is 5.85. The molecule has 0 aromatic heterocycles. The molecule has 18 heavy (non-hydrogen) atoms. The Morgan fingerprint density at radius 3 is 2.22 bits per heavy atom. The van der Waals surface area contributed by atoms with E-state index in [0.29, 0.717) is 13.0 Å². The van der Waals surface area contributed by atoms with Crippen molar-refractivity contribution in [3.8, 4) is 0 Å². The summed E-state index contributed by atoms with van der Waals surface area (Å²) in [6.07, 6.45) is 0.677. The van der Waals surface area contributed by atoms with E-state index in [0.717, 1.165) is 0 Å². The highest BCUT2D eigenvalue weighted by atomic mass is 32.2. The summed E-state index contributed by atoms with van der Waals surface area (Å²) in [7, 11) is -3.31. The summed E-state index contributed by atoms with van der Waals surface area (Å²) in [5.74, 6) is -0.0116. The van der Waals surface area contributed by atoms with Gasteiger partial charge in [-0.2, -0.15) is 0 Å². The van der Waals surface area contributed by atoms with Crippen molar-refractivity contribution in [3.05, 3.63) is 0 Å². The van der Waals surface area contributed by atoms with Crippen LogP contribution in [0.3, 0.4) is 0 Å². The van der Waals surface area contributed by atoms with Crippen LogP contribution in [-0.4, -0.2) is 39.5 Å². The molecule has 0 rings (SSSR count). The van der Waals surface area contributed by atoms with E-state index >= 15 is 0 Å². The van der Waals surface area contributed by atoms with Crippen molar-refractivity contribution in [3.63, 3.8) is 0 Å². The molecule has 0 aromatic rings. The summed E-state index contributed by atoms with van der Waals surface area (Å²) >= 11 is 0. The molecule has 0 aliphatic rings. The number of hydrogen-bond donors (Lipinski definition) is 2. The molecule has 0 heterocycles. The maximum absolute atomic E-state index is 11.9. The monoisotopic (exact) mass is 280 g/mol. The van der Waals surface area contributed by atoms with Crippen LogP contribution in [0.1, 0.15) is 41.0 Å². The molecule has 0 saturated heterocycles. The summed E-state index contributed by atoms with van der Waals surface area (Å²) in [4.78, 5) is 0. The van der Waals surface area contributed by atoms with Crippen molar-refractivity contribution in [2.75, 3.05) is 18.9 Å². The van der Waals surface area contributed by atoms with E-state index < -0.39 is 10.0 Å². The zero-order valence-corrected chi connectivity index (χ0v) is 13.0. The Kier molecular flexibility index (Phi) is 7.36. The van der Waals surface area contributed by atoms with Crippen LogP contribution in [-0.2, 0) is 14.8 Å². The average Bonchev–Trinajstić information content (AvgIpc) is 2.14. The molecule has 6 heteroatoms. The first-order chi connectivity index (χ1) is 8.08. The molecule has 1 atom stereocenters. The first-order valence-electron chi connectivity index (χ1n) is 6.40. The largest absolute Gasteiger partial charge is 0.378 e. The Labute approximate surface area is 112 Å². The smallest absolute Gasteiger partial charge is 0.214 e. The number of nitrogens with two attached hydrogens (primary N) is 1. The lowest BCUT2D eigenvalue weighted by molar-refractivity contribution is 0.0910. The molecule has 0 saturated carbocycles. The summed E-state index contributed by atoms with van der Waals surface area (Å²) in [5, 5.41) is 0. The molecular weight excluding hydrogens is 252 g/mol. The van der Waals surface area contributed by atoms with Crippen molar-refractivity contribution in [1.29, 1.82) is 0 Å². The maximum atomic E-state index is 11.9. The first-order valence-corrected chi connectivity index (χ1v) is 8.05. The van der Waals surface area contributed by atoms with Gasteiger partial charge in [0.25, 0.3) is 0 Å². The zero-order valence-electron chi connectivity index (χ0n) is 12.2. The normalized spacial score (nSPS) is 15.1. The second-order valence-corrected chi connectivity index (χ2v) is 7.73. The number of rotatable bonds is 8. The van der Waals surface area contributed by atoms with E-state index in [9.17, 15) is 8.42 Å². The van der Waals surface area contributed by atoms with Crippen LogP contribution < -0.4 is 10.5 Å². The minimum atomic E-state index is -3.31. The Morgan fingerprint density at radius 1 is 1.28 bits per heavy atom. The summed E-state index contributed by atoms with van der Waals surface area (Å²) in [6.45, 7) is 10.4. The molecule has 0 amide bonds. The molecule has 0 radical (unpaired) electrons. The van der Waals surface area contributed by atoms with Crippen molar-refractivity contribution in [2.45, 2.75) is 53.2 Å². The zero-order chi connectivity index (χ0) is 14.4. The number of nitrogens with one attached hydrogen (secondary N) is 1. The van der Waals surface area contributed by atoms with Gasteiger partial charge < -0.3 is 10.5 Å². The first kappa shape index (κ1) is 17.8. The maximum Gasteiger partial charge on any atom is 0.214 e. The van der Waals surface area contributed by atoms with E-state index in [1.807, 2.05) is 34.6 Å².